The average Bonchev–Trinajstić information content (AvgIpc) is 2.51. The summed E-state index contributed by atoms with van der Waals surface area (Å²) in [5.41, 5.74) is 0. The minimum atomic E-state index is -0.469. The Kier molecular flexibility index (Phi) is 3.28. The van der Waals surface area contributed by atoms with Gasteiger partial charge in [-0.1, -0.05) is 0 Å². The van der Waals surface area contributed by atoms with E-state index in [9.17, 15) is 9.59 Å². The summed E-state index contributed by atoms with van der Waals surface area (Å²) in [5.74, 6) is -0.401. The van der Waals surface area contributed by atoms with E-state index in [1.54, 1.807) is 6.07 Å². The Balaban J connectivity index is 2.59. The topological polar surface area (TPSA) is 65.7 Å². The lowest BCUT2D eigenvalue weighted by atomic mass is 10.3. The highest BCUT2D eigenvalue weighted by Gasteiger charge is 2.09. The Bertz CT molecular complexity index is 339. The third kappa shape index (κ3) is 2.93. The number of esters is 2. The first-order valence-electron chi connectivity index (χ1n) is 3.95. The number of rotatable bonds is 3. The van der Waals surface area contributed by atoms with Crippen LogP contribution in [0.5, 0.6) is 5.95 Å². The van der Waals surface area contributed by atoms with Gasteiger partial charge < -0.3 is 13.9 Å². The molecule has 1 heterocycles. The summed E-state index contributed by atoms with van der Waals surface area (Å²) >= 11 is 0. The van der Waals surface area contributed by atoms with Crippen molar-refractivity contribution in [3.8, 4) is 5.95 Å². The van der Waals surface area contributed by atoms with E-state index in [0.29, 0.717) is 5.76 Å². The number of ether oxygens (including phenoxy) is 2. The van der Waals surface area contributed by atoms with Gasteiger partial charge in [-0.2, -0.15) is 0 Å². The van der Waals surface area contributed by atoms with Crippen LogP contribution in [0.3, 0.4) is 0 Å². The van der Waals surface area contributed by atoms with Crippen LogP contribution in [-0.2, 0) is 20.7 Å². The number of furan rings is 1. The van der Waals surface area contributed by atoms with Gasteiger partial charge in [0.1, 0.15) is 12.2 Å². The monoisotopic (exact) mass is 198 g/mol. The van der Waals surface area contributed by atoms with Gasteiger partial charge in [-0.25, -0.2) is 0 Å². The van der Waals surface area contributed by atoms with E-state index in [-0.39, 0.29) is 12.4 Å². The molecule has 0 aliphatic heterocycles. The molecular weight excluding hydrogens is 188 g/mol. The van der Waals surface area contributed by atoms with E-state index in [4.69, 9.17) is 4.42 Å². The largest absolute Gasteiger partial charge is 0.469 e. The second-order valence-electron chi connectivity index (χ2n) is 2.57. The standard InChI is InChI=1S/C9H10O5/c1-6(10)13-9-4-3-7(14-9)5-8(11)12-2/h3-4H,5H2,1-2H3. The summed E-state index contributed by atoms with van der Waals surface area (Å²) in [5, 5.41) is 0. The van der Waals surface area contributed by atoms with E-state index in [0.717, 1.165) is 0 Å². The van der Waals surface area contributed by atoms with Crippen molar-refractivity contribution in [1.82, 2.24) is 0 Å². The first kappa shape index (κ1) is 10.3. The van der Waals surface area contributed by atoms with Crippen molar-refractivity contribution in [1.29, 1.82) is 0 Å². The van der Waals surface area contributed by atoms with Gasteiger partial charge in [0.2, 0.25) is 0 Å². The zero-order valence-corrected chi connectivity index (χ0v) is 7.90. The molecule has 0 aliphatic carbocycles. The van der Waals surface area contributed by atoms with Crippen LogP contribution in [0.2, 0.25) is 0 Å². The fourth-order valence-electron chi connectivity index (χ4n) is 0.864. The fourth-order valence-corrected chi connectivity index (χ4v) is 0.864. The molecule has 0 saturated heterocycles. The van der Waals surface area contributed by atoms with Crippen LogP contribution in [0.15, 0.2) is 16.5 Å². The molecular formula is C9H10O5. The molecule has 5 heteroatoms. The first-order chi connectivity index (χ1) is 6.61. The van der Waals surface area contributed by atoms with E-state index in [1.165, 1.54) is 20.1 Å². The summed E-state index contributed by atoms with van der Waals surface area (Å²) in [7, 11) is 1.29. The van der Waals surface area contributed by atoms with Gasteiger partial charge in [0.15, 0.2) is 0 Å². The molecule has 0 bridgehead atoms. The zero-order valence-electron chi connectivity index (χ0n) is 7.90. The molecule has 0 N–H and O–H groups in total. The maximum absolute atomic E-state index is 10.8. The van der Waals surface area contributed by atoms with Gasteiger partial charge in [-0.15, -0.1) is 0 Å². The Hall–Kier alpha value is -1.78. The van der Waals surface area contributed by atoms with Gasteiger partial charge >= 0.3 is 11.9 Å². The molecule has 1 aromatic heterocycles. The molecule has 0 aromatic carbocycles. The normalized spacial score (nSPS) is 9.57. The molecule has 0 atom stereocenters. The maximum Gasteiger partial charge on any atom is 0.313 e. The van der Waals surface area contributed by atoms with Gasteiger partial charge in [0, 0.05) is 13.0 Å². The third-order valence-electron chi connectivity index (χ3n) is 1.43. The summed E-state index contributed by atoms with van der Waals surface area (Å²) in [6.07, 6.45) is 0.0256. The minimum absolute atomic E-state index is 0.0256. The SMILES string of the molecule is COC(=O)Cc1ccc(OC(C)=O)o1. The molecule has 1 aromatic rings. The average molecular weight is 198 g/mol. The van der Waals surface area contributed by atoms with Crippen molar-refractivity contribution in [2.24, 2.45) is 0 Å². The Labute approximate surface area is 80.6 Å². The quantitative estimate of drug-likeness (QED) is 0.675. The molecule has 0 unspecified atom stereocenters. The lowest BCUT2D eigenvalue weighted by Gasteiger charge is -1.96. The number of carbonyl (C=O) groups excluding carboxylic acids is 2. The number of hydrogen-bond donors (Lipinski definition) is 0. The highest BCUT2D eigenvalue weighted by Crippen LogP contribution is 2.16. The van der Waals surface area contributed by atoms with Gasteiger partial charge in [-0.05, 0) is 6.07 Å². The Morgan fingerprint density at radius 1 is 1.43 bits per heavy atom. The molecule has 0 amide bonds. The zero-order chi connectivity index (χ0) is 10.6. The second-order valence-corrected chi connectivity index (χ2v) is 2.57. The number of carbonyl (C=O) groups is 2. The third-order valence-corrected chi connectivity index (χ3v) is 1.43. The van der Waals surface area contributed by atoms with Gasteiger partial charge in [-0.3, -0.25) is 9.59 Å². The van der Waals surface area contributed by atoms with Crippen molar-refractivity contribution in [3.05, 3.63) is 17.9 Å². The highest BCUT2D eigenvalue weighted by atomic mass is 16.6. The van der Waals surface area contributed by atoms with Gasteiger partial charge in [0.25, 0.3) is 5.95 Å². The van der Waals surface area contributed by atoms with E-state index >= 15 is 0 Å². The minimum Gasteiger partial charge on any atom is -0.469 e. The van der Waals surface area contributed by atoms with E-state index in [1.807, 2.05) is 0 Å². The predicted octanol–water partition coefficient (Wildman–Crippen LogP) is 0.920. The summed E-state index contributed by atoms with van der Waals surface area (Å²) in [4.78, 5) is 21.3. The lowest BCUT2D eigenvalue weighted by molar-refractivity contribution is -0.140. The molecule has 14 heavy (non-hydrogen) atoms. The van der Waals surface area contributed by atoms with Gasteiger partial charge in [0.05, 0.1) is 7.11 Å². The van der Waals surface area contributed by atoms with Crippen LogP contribution in [0.1, 0.15) is 12.7 Å². The van der Waals surface area contributed by atoms with Crippen LogP contribution in [-0.4, -0.2) is 19.0 Å². The van der Waals surface area contributed by atoms with Crippen molar-refractivity contribution in [3.63, 3.8) is 0 Å². The Morgan fingerprint density at radius 3 is 2.71 bits per heavy atom. The van der Waals surface area contributed by atoms with Crippen molar-refractivity contribution < 1.29 is 23.5 Å². The molecule has 0 saturated carbocycles. The molecule has 0 fully saturated rings. The number of hydrogen-bond acceptors (Lipinski definition) is 5. The first-order valence-corrected chi connectivity index (χ1v) is 3.95. The van der Waals surface area contributed by atoms with Crippen LogP contribution in [0.4, 0.5) is 0 Å². The molecule has 0 aliphatic rings. The summed E-state index contributed by atoms with van der Waals surface area (Å²) in [6.45, 7) is 1.27. The predicted molar refractivity (Wildman–Crippen MR) is 45.7 cm³/mol. The molecule has 0 radical (unpaired) electrons. The van der Waals surface area contributed by atoms with Crippen LogP contribution < -0.4 is 4.74 Å². The van der Waals surface area contributed by atoms with Crippen LogP contribution in [0, 0.1) is 0 Å². The lowest BCUT2D eigenvalue weighted by Crippen LogP contribution is -2.03. The smallest absolute Gasteiger partial charge is 0.313 e. The van der Waals surface area contributed by atoms with Crippen LogP contribution >= 0.6 is 0 Å². The number of methoxy groups -OCH3 is 1. The van der Waals surface area contributed by atoms with Crippen molar-refractivity contribution in [2.75, 3.05) is 7.11 Å². The Morgan fingerprint density at radius 2 is 2.14 bits per heavy atom. The van der Waals surface area contributed by atoms with E-state index in [2.05, 4.69) is 9.47 Å². The van der Waals surface area contributed by atoms with Crippen molar-refractivity contribution in [2.45, 2.75) is 13.3 Å². The van der Waals surface area contributed by atoms with Crippen molar-refractivity contribution >= 4 is 11.9 Å². The molecule has 5 nitrogen and oxygen atoms in total. The fraction of sp³-hybridized carbons (Fsp3) is 0.333. The second kappa shape index (κ2) is 4.45. The molecule has 1 rings (SSSR count). The molecule has 0 spiro atoms. The maximum atomic E-state index is 10.8. The summed E-state index contributed by atoms with van der Waals surface area (Å²) < 4.78 is 14.1. The van der Waals surface area contributed by atoms with E-state index < -0.39 is 11.9 Å². The molecule has 76 valence electrons. The highest BCUT2D eigenvalue weighted by molar-refractivity contribution is 5.71. The van der Waals surface area contributed by atoms with Crippen LogP contribution in [0.25, 0.3) is 0 Å². The summed E-state index contributed by atoms with van der Waals surface area (Å²) in [6, 6.07) is 3.02.